The molecule has 2 aliphatic heterocycles. The fourth-order valence-electron chi connectivity index (χ4n) is 4.27. The van der Waals surface area contributed by atoms with Crippen molar-refractivity contribution in [1.82, 2.24) is 14.5 Å². The summed E-state index contributed by atoms with van der Waals surface area (Å²) in [6, 6.07) is 6.82. The number of sulfonamides is 1. The predicted octanol–water partition coefficient (Wildman–Crippen LogP) is 2.10. The molecule has 1 aromatic rings. The zero-order valence-corrected chi connectivity index (χ0v) is 20.1. The number of nitrogens with zero attached hydrogens (tertiary/aromatic N) is 2. The lowest BCUT2D eigenvalue weighted by Gasteiger charge is -2.32. The second kappa shape index (κ2) is 12.0. The van der Waals surface area contributed by atoms with Gasteiger partial charge in [0.1, 0.15) is 12.4 Å². The molecule has 2 heterocycles. The van der Waals surface area contributed by atoms with Crippen LogP contribution in [0.3, 0.4) is 0 Å². The van der Waals surface area contributed by atoms with Crippen molar-refractivity contribution in [1.29, 1.82) is 0 Å². The van der Waals surface area contributed by atoms with Crippen molar-refractivity contribution < 1.29 is 22.7 Å². The van der Waals surface area contributed by atoms with Crippen LogP contribution < -0.4 is 10.1 Å². The van der Waals surface area contributed by atoms with Crippen LogP contribution in [0.1, 0.15) is 39.5 Å². The van der Waals surface area contributed by atoms with E-state index in [2.05, 4.69) is 24.1 Å². The number of nitrogens with one attached hydrogen (secondary N) is 1. The summed E-state index contributed by atoms with van der Waals surface area (Å²) in [5.41, 5.74) is 0. The monoisotopic (exact) mass is 467 g/mol. The van der Waals surface area contributed by atoms with Gasteiger partial charge in [0, 0.05) is 32.2 Å². The van der Waals surface area contributed by atoms with E-state index in [1.165, 1.54) is 4.31 Å². The second-order valence-corrected chi connectivity index (χ2v) is 10.6. The highest BCUT2D eigenvalue weighted by atomic mass is 32.2. The Balaban J connectivity index is 1.44. The smallest absolute Gasteiger partial charge is 0.243 e. The summed E-state index contributed by atoms with van der Waals surface area (Å²) in [6.07, 6.45) is 4.01. The molecule has 32 heavy (non-hydrogen) atoms. The van der Waals surface area contributed by atoms with E-state index in [0.717, 1.165) is 45.3 Å². The highest BCUT2D eigenvalue weighted by molar-refractivity contribution is 7.89. The summed E-state index contributed by atoms with van der Waals surface area (Å²) in [7, 11) is -3.49. The van der Waals surface area contributed by atoms with E-state index in [9.17, 15) is 13.2 Å². The van der Waals surface area contributed by atoms with Crippen LogP contribution >= 0.6 is 0 Å². The van der Waals surface area contributed by atoms with Gasteiger partial charge in [0.15, 0.2) is 0 Å². The molecule has 0 aliphatic carbocycles. The quantitative estimate of drug-likeness (QED) is 0.567. The lowest BCUT2D eigenvalue weighted by Crippen LogP contribution is -2.46. The van der Waals surface area contributed by atoms with Crippen LogP contribution in [0.4, 0.5) is 0 Å². The van der Waals surface area contributed by atoms with Gasteiger partial charge >= 0.3 is 0 Å². The molecule has 2 aliphatic rings. The minimum Gasteiger partial charge on any atom is -0.492 e. The average molecular weight is 468 g/mol. The van der Waals surface area contributed by atoms with E-state index < -0.39 is 10.0 Å². The molecule has 2 fully saturated rings. The number of rotatable bonds is 10. The first kappa shape index (κ1) is 25.0. The second-order valence-electron chi connectivity index (χ2n) is 8.67. The molecule has 3 rings (SSSR count). The fourth-order valence-corrected chi connectivity index (χ4v) is 5.68. The Morgan fingerprint density at radius 3 is 2.62 bits per heavy atom. The molecule has 180 valence electrons. The van der Waals surface area contributed by atoms with Gasteiger partial charge in [-0.2, -0.15) is 4.31 Å². The maximum atomic E-state index is 12.7. The summed E-state index contributed by atoms with van der Waals surface area (Å²) in [5, 5.41) is 3.14. The molecule has 0 bridgehead atoms. The van der Waals surface area contributed by atoms with E-state index in [0.29, 0.717) is 38.7 Å². The molecule has 0 radical (unpaired) electrons. The third-order valence-corrected chi connectivity index (χ3v) is 8.01. The Bertz CT molecular complexity index is 825. The van der Waals surface area contributed by atoms with Crippen molar-refractivity contribution >= 4 is 15.9 Å². The zero-order chi connectivity index (χ0) is 23.0. The molecule has 8 nitrogen and oxygen atoms in total. The molecule has 2 atom stereocenters. The van der Waals surface area contributed by atoms with Gasteiger partial charge in [-0.3, -0.25) is 9.69 Å². The minimum absolute atomic E-state index is 0.0349. The molecule has 1 N–H and O–H groups in total. The Morgan fingerprint density at radius 1 is 1.22 bits per heavy atom. The largest absolute Gasteiger partial charge is 0.492 e. The van der Waals surface area contributed by atoms with Crippen molar-refractivity contribution in [3.05, 3.63) is 24.3 Å². The van der Waals surface area contributed by atoms with Crippen LogP contribution in [0.2, 0.25) is 0 Å². The van der Waals surface area contributed by atoms with E-state index >= 15 is 0 Å². The number of amides is 1. The van der Waals surface area contributed by atoms with Crippen LogP contribution in [0.25, 0.3) is 0 Å². The van der Waals surface area contributed by atoms with Gasteiger partial charge in [-0.25, -0.2) is 8.42 Å². The predicted molar refractivity (Wildman–Crippen MR) is 123 cm³/mol. The van der Waals surface area contributed by atoms with E-state index in [4.69, 9.17) is 9.47 Å². The van der Waals surface area contributed by atoms with Crippen molar-refractivity contribution in [2.45, 2.75) is 50.5 Å². The molecular weight excluding hydrogens is 430 g/mol. The van der Waals surface area contributed by atoms with E-state index in [1.807, 2.05) is 0 Å². The maximum absolute atomic E-state index is 12.7. The number of benzene rings is 1. The zero-order valence-electron chi connectivity index (χ0n) is 19.3. The van der Waals surface area contributed by atoms with Crippen molar-refractivity contribution in [3.8, 4) is 5.75 Å². The van der Waals surface area contributed by atoms with Gasteiger partial charge in [0.05, 0.1) is 24.0 Å². The first-order chi connectivity index (χ1) is 15.4. The van der Waals surface area contributed by atoms with Crippen LogP contribution in [-0.2, 0) is 19.6 Å². The van der Waals surface area contributed by atoms with Gasteiger partial charge in [0.2, 0.25) is 15.9 Å². The summed E-state index contributed by atoms with van der Waals surface area (Å²) in [5.74, 6) is 0.840. The molecule has 0 saturated carbocycles. The Morgan fingerprint density at radius 2 is 1.94 bits per heavy atom. The highest BCUT2D eigenvalue weighted by Crippen LogP contribution is 2.21. The van der Waals surface area contributed by atoms with Crippen LogP contribution in [0.15, 0.2) is 29.2 Å². The van der Waals surface area contributed by atoms with Crippen molar-refractivity contribution in [2.24, 2.45) is 5.92 Å². The molecule has 0 spiro atoms. The van der Waals surface area contributed by atoms with Crippen molar-refractivity contribution in [2.75, 3.05) is 52.5 Å². The number of ether oxygens (including phenoxy) is 2. The maximum Gasteiger partial charge on any atom is 0.243 e. The fraction of sp³-hybridized carbons (Fsp3) is 0.696. The number of likely N-dealkylation sites (tertiary alicyclic amines) is 1. The number of morpholine rings is 1. The number of carbonyl (C=O) groups is 1. The van der Waals surface area contributed by atoms with Crippen LogP contribution in [0, 0.1) is 5.92 Å². The Kier molecular flexibility index (Phi) is 9.34. The van der Waals surface area contributed by atoms with Gasteiger partial charge in [-0.05, 0) is 57.0 Å². The van der Waals surface area contributed by atoms with Crippen LogP contribution in [-0.4, -0.2) is 82.1 Å². The molecule has 1 aromatic carbocycles. The first-order valence-electron chi connectivity index (χ1n) is 11.7. The van der Waals surface area contributed by atoms with Gasteiger partial charge in [-0.15, -0.1) is 0 Å². The minimum atomic E-state index is -3.49. The molecule has 0 aromatic heterocycles. The van der Waals surface area contributed by atoms with Crippen molar-refractivity contribution in [3.63, 3.8) is 0 Å². The number of piperidine rings is 1. The standard InChI is InChI=1S/C23H37N3O5S/c1-3-5-19(2)24-23(27)20-6-4-11-25(18-20)12-17-31-21-7-9-22(10-8-21)32(28,29)26-13-15-30-16-14-26/h7-10,19-20H,3-6,11-18H2,1-2H3,(H,24,27). The molecule has 9 heteroatoms. The normalized spacial score (nSPS) is 21.8. The number of carbonyl (C=O) groups excluding carboxylic acids is 1. The lowest BCUT2D eigenvalue weighted by molar-refractivity contribution is -0.127. The Labute approximate surface area is 192 Å². The molecule has 2 unspecified atom stereocenters. The number of hydrogen-bond acceptors (Lipinski definition) is 6. The summed E-state index contributed by atoms with van der Waals surface area (Å²) >= 11 is 0. The van der Waals surface area contributed by atoms with Crippen LogP contribution in [0.5, 0.6) is 5.75 Å². The summed E-state index contributed by atoms with van der Waals surface area (Å²) < 4.78 is 37.9. The lowest BCUT2D eigenvalue weighted by atomic mass is 9.96. The highest BCUT2D eigenvalue weighted by Gasteiger charge is 2.27. The third kappa shape index (κ3) is 6.91. The summed E-state index contributed by atoms with van der Waals surface area (Å²) in [6.45, 7) is 8.76. The number of hydrogen-bond donors (Lipinski definition) is 1. The summed E-state index contributed by atoms with van der Waals surface area (Å²) in [4.78, 5) is 15.1. The van der Waals surface area contributed by atoms with E-state index in [1.54, 1.807) is 24.3 Å². The van der Waals surface area contributed by atoms with Gasteiger partial charge in [-0.1, -0.05) is 13.3 Å². The average Bonchev–Trinajstić information content (AvgIpc) is 2.80. The van der Waals surface area contributed by atoms with E-state index in [-0.39, 0.29) is 22.8 Å². The SMILES string of the molecule is CCCC(C)NC(=O)C1CCCN(CCOc2ccc(S(=O)(=O)N3CCOCC3)cc2)C1. The van der Waals surface area contributed by atoms with Gasteiger partial charge in [0.25, 0.3) is 0 Å². The molecular formula is C23H37N3O5S. The molecule has 1 amide bonds. The third-order valence-electron chi connectivity index (χ3n) is 6.09. The Hall–Kier alpha value is -1.68. The van der Waals surface area contributed by atoms with Gasteiger partial charge < -0.3 is 14.8 Å². The first-order valence-corrected chi connectivity index (χ1v) is 13.2. The topological polar surface area (TPSA) is 88.2 Å². The molecule has 2 saturated heterocycles.